The molecule has 0 N–H and O–H groups in total. The fourth-order valence-electron chi connectivity index (χ4n) is 3.53. The molecule has 23 heavy (non-hydrogen) atoms. The van der Waals surface area contributed by atoms with Gasteiger partial charge < -0.3 is 9.16 Å². The van der Waals surface area contributed by atoms with Gasteiger partial charge in [0.05, 0.1) is 11.6 Å². The summed E-state index contributed by atoms with van der Waals surface area (Å²) in [7, 11) is -1.92. The van der Waals surface area contributed by atoms with Gasteiger partial charge in [-0.15, -0.1) is 0 Å². The summed E-state index contributed by atoms with van der Waals surface area (Å²) in [6.45, 7) is 14.1. The van der Waals surface area contributed by atoms with Gasteiger partial charge >= 0.3 is 0 Å². The van der Waals surface area contributed by atoms with E-state index in [2.05, 4.69) is 57.5 Å². The number of rotatable bonds is 8. The van der Waals surface area contributed by atoms with Crippen molar-refractivity contribution in [1.82, 2.24) is 0 Å². The van der Waals surface area contributed by atoms with Crippen LogP contribution in [0.5, 0.6) is 5.75 Å². The van der Waals surface area contributed by atoms with Crippen molar-refractivity contribution < 1.29 is 13.6 Å². The zero-order valence-corrected chi connectivity index (χ0v) is 18.1. The van der Waals surface area contributed by atoms with E-state index in [0.717, 1.165) is 0 Å². The molecule has 0 aliphatic carbocycles. The maximum Gasteiger partial charge on any atom is 0.200 e. The third kappa shape index (κ3) is 4.94. The van der Waals surface area contributed by atoms with Crippen LogP contribution < -0.4 is 4.74 Å². The summed E-state index contributed by atoms with van der Waals surface area (Å²) in [5.74, 6) is -0.381. The molecule has 1 rings (SSSR count). The largest absolute Gasteiger partial charge is 0.487 e. The van der Waals surface area contributed by atoms with Crippen LogP contribution in [-0.4, -0.2) is 21.5 Å². The average molecular weight is 426 g/mol. The molecule has 0 spiro atoms. The smallest absolute Gasteiger partial charge is 0.200 e. The molecule has 1 aromatic rings. The van der Waals surface area contributed by atoms with Crippen LogP contribution in [0.3, 0.4) is 0 Å². The first-order valence-corrected chi connectivity index (χ1v) is 11.3. The summed E-state index contributed by atoms with van der Waals surface area (Å²) in [5, 5.41) is 0.261. The summed E-state index contributed by atoms with van der Waals surface area (Å²) < 4.78 is 26.4. The maximum absolute atomic E-state index is 13.9. The molecular weight excluding hydrogens is 399 g/mol. The predicted molar refractivity (Wildman–Crippen MR) is 102 cm³/mol. The van der Waals surface area contributed by atoms with E-state index in [4.69, 9.17) is 20.8 Å². The SMILES string of the molecule is CC(C)[Si](OCCOc1c(F)cc(Br)cc1Cl)(C(C)C)C(C)C. The lowest BCUT2D eigenvalue weighted by atomic mass is 10.3. The minimum Gasteiger partial charge on any atom is -0.487 e. The molecule has 0 unspecified atom stereocenters. The number of hydrogen-bond acceptors (Lipinski definition) is 2. The van der Waals surface area contributed by atoms with Crippen molar-refractivity contribution in [3.63, 3.8) is 0 Å². The predicted octanol–water partition coefficient (Wildman–Crippen LogP) is 6.81. The van der Waals surface area contributed by atoms with E-state index in [-0.39, 0.29) is 10.8 Å². The molecule has 0 aliphatic heterocycles. The summed E-state index contributed by atoms with van der Waals surface area (Å²) >= 11 is 9.23. The zero-order valence-electron chi connectivity index (χ0n) is 14.8. The molecule has 1 aromatic carbocycles. The molecule has 0 radical (unpaired) electrons. The lowest BCUT2D eigenvalue weighted by Crippen LogP contribution is -2.48. The van der Waals surface area contributed by atoms with Crippen molar-refractivity contribution in [3.05, 3.63) is 27.4 Å². The fourth-order valence-corrected chi connectivity index (χ4v) is 9.79. The minimum atomic E-state index is -1.92. The summed E-state index contributed by atoms with van der Waals surface area (Å²) in [4.78, 5) is 0. The molecule has 6 heteroatoms. The van der Waals surface area contributed by atoms with Crippen LogP contribution in [0.25, 0.3) is 0 Å². The average Bonchev–Trinajstić information content (AvgIpc) is 2.39. The standard InChI is InChI=1S/C17H27BrClFO2Si/c1-11(2)23(12(3)4,13(5)6)22-8-7-21-17-15(19)9-14(18)10-16(17)20/h9-13H,7-8H2,1-6H3. The molecule has 0 atom stereocenters. The minimum absolute atomic E-state index is 0.0874. The van der Waals surface area contributed by atoms with Crippen LogP contribution in [0.1, 0.15) is 41.5 Å². The van der Waals surface area contributed by atoms with Crippen LogP contribution in [0.4, 0.5) is 4.39 Å². The van der Waals surface area contributed by atoms with Gasteiger partial charge in [0, 0.05) is 4.47 Å². The molecule has 132 valence electrons. The van der Waals surface area contributed by atoms with Crippen LogP contribution >= 0.6 is 27.5 Å². The van der Waals surface area contributed by atoms with Crippen LogP contribution in [0.15, 0.2) is 16.6 Å². The van der Waals surface area contributed by atoms with Gasteiger partial charge in [0.15, 0.2) is 19.9 Å². The fraction of sp³-hybridized carbons (Fsp3) is 0.647. The Labute approximate surface area is 154 Å². The summed E-state index contributed by atoms with van der Waals surface area (Å²) in [5.41, 5.74) is 1.53. The number of ether oxygens (including phenoxy) is 1. The van der Waals surface area contributed by atoms with Gasteiger partial charge in [0.2, 0.25) is 0 Å². The highest BCUT2D eigenvalue weighted by molar-refractivity contribution is 9.10. The Hall–Kier alpha value is -0.103. The third-order valence-corrected chi connectivity index (χ3v) is 11.2. The van der Waals surface area contributed by atoms with E-state index in [1.54, 1.807) is 6.07 Å². The van der Waals surface area contributed by atoms with Crippen molar-refractivity contribution in [2.24, 2.45) is 0 Å². The van der Waals surface area contributed by atoms with Crippen LogP contribution in [0.2, 0.25) is 21.6 Å². The van der Waals surface area contributed by atoms with Gasteiger partial charge in [0.1, 0.15) is 6.61 Å². The molecule has 0 amide bonds. The van der Waals surface area contributed by atoms with E-state index in [1.807, 2.05) is 0 Å². The highest BCUT2D eigenvalue weighted by Gasteiger charge is 2.44. The number of halogens is 3. The van der Waals surface area contributed by atoms with Gasteiger partial charge in [-0.3, -0.25) is 0 Å². The Balaban J connectivity index is 2.72. The Kier molecular flexibility index (Phi) is 8.04. The summed E-state index contributed by atoms with van der Waals surface area (Å²) in [6, 6.07) is 2.97. The van der Waals surface area contributed by atoms with E-state index >= 15 is 0 Å². The lowest BCUT2D eigenvalue weighted by Gasteiger charge is -2.42. The molecule has 0 saturated heterocycles. The second kappa shape index (κ2) is 8.84. The maximum atomic E-state index is 13.9. The number of hydrogen-bond donors (Lipinski definition) is 0. The van der Waals surface area contributed by atoms with E-state index < -0.39 is 14.1 Å². The Morgan fingerprint density at radius 3 is 2.00 bits per heavy atom. The molecule has 0 fully saturated rings. The second-order valence-electron chi connectivity index (χ2n) is 6.71. The second-order valence-corrected chi connectivity index (χ2v) is 13.5. The van der Waals surface area contributed by atoms with Crippen LogP contribution in [-0.2, 0) is 4.43 Å². The highest BCUT2D eigenvalue weighted by atomic mass is 79.9. The third-order valence-electron chi connectivity index (χ3n) is 4.35. The van der Waals surface area contributed by atoms with Crippen LogP contribution in [0, 0.1) is 5.82 Å². The van der Waals surface area contributed by atoms with Gasteiger partial charge in [-0.05, 0) is 28.8 Å². The molecule has 0 saturated carbocycles. The lowest BCUT2D eigenvalue weighted by molar-refractivity contribution is 0.194. The molecule has 0 bridgehead atoms. The Morgan fingerprint density at radius 1 is 1.04 bits per heavy atom. The van der Waals surface area contributed by atoms with Gasteiger partial charge in [-0.1, -0.05) is 69.1 Å². The van der Waals surface area contributed by atoms with E-state index in [0.29, 0.717) is 34.3 Å². The van der Waals surface area contributed by atoms with Crippen molar-refractivity contribution in [1.29, 1.82) is 0 Å². The Bertz CT molecular complexity index is 479. The Morgan fingerprint density at radius 2 is 1.57 bits per heavy atom. The monoisotopic (exact) mass is 424 g/mol. The van der Waals surface area contributed by atoms with E-state index in [9.17, 15) is 4.39 Å². The van der Waals surface area contributed by atoms with Crippen molar-refractivity contribution >= 4 is 35.8 Å². The van der Waals surface area contributed by atoms with Crippen molar-refractivity contribution in [2.45, 2.75) is 58.2 Å². The number of benzene rings is 1. The highest BCUT2D eigenvalue weighted by Crippen LogP contribution is 2.42. The summed E-state index contributed by atoms with van der Waals surface area (Å²) in [6.07, 6.45) is 0. The molecule has 2 nitrogen and oxygen atoms in total. The topological polar surface area (TPSA) is 18.5 Å². The first-order chi connectivity index (χ1) is 10.6. The zero-order chi connectivity index (χ0) is 17.8. The molecule has 0 heterocycles. The van der Waals surface area contributed by atoms with Gasteiger partial charge in [-0.2, -0.15) is 0 Å². The quantitative estimate of drug-likeness (QED) is 0.336. The first-order valence-electron chi connectivity index (χ1n) is 8.04. The molecule has 0 aliphatic rings. The first kappa shape index (κ1) is 20.9. The van der Waals surface area contributed by atoms with E-state index in [1.165, 1.54) is 6.07 Å². The van der Waals surface area contributed by atoms with Crippen molar-refractivity contribution in [3.8, 4) is 5.75 Å². The van der Waals surface area contributed by atoms with Gasteiger partial charge in [0.25, 0.3) is 0 Å². The normalized spacial score (nSPS) is 12.5. The molecule has 0 aromatic heterocycles. The molecular formula is C17H27BrClFO2Si. The van der Waals surface area contributed by atoms with Gasteiger partial charge in [-0.25, -0.2) is 4.39 Å². The van der Waals surface area contributed by atoms with Crippen molar-refractivity contribution in [2.75, 3.05) is 13.2 Å².